The van der Waals surface area contributed by atoms with Gasteiger partial charge in [-0.3, -0.25) is 0 Å². The highest BCUT2D eigenvalue weighted by atomic mass is 35.5. The van der Waals surface area contributed by atoms with Crippen LogP contribution in [0.3, 0.4) is 0 Å². The van der Waals surface area contributed by atoms with Crippen LogP contribution in [0.2, 0.25) is 0 Å². The summed E-state index contributed by atoms with van der Waals surface area (Å²) in [5, 5.41) is 0. The van der Waals surface area contributed by atoms with E-state index in [4.69, 9.17) is 11.8 Å². The molecule has 2 nitrogen and oxygen atoms in total. The monoisotopic (exact) mass is 169 g/mol. The summed E-state index contributed by atoms with van der Waals surface area (Å²) in [6.45, 7) is 3.44. The van der Waals surface area contributed by atoms with Crippen LogP contribution < -0.4 is 0 Å². The van der Waals surface area contributed by atoms with E-state index in [9.17, 15) is 0 Å². The van der Waals surface area contributed by atoms with Crippen molar-refractivity contribution >= 4 is 31.1 Å². The molecule has 0 aliphatic carbocycles. The van der Waals surface area contributed by atoms with Gasteiger partial charge in [0, 0.05) is 11.8 Å². The van der Waals surface area contributed by atoms with Crippen molar-refractivity contribution in [2.75, 3.05) is 7.11 Å². The molecule has 0 rings (SSSR count). The first-order valence-electron chi connectivity index (χ1n) is 1.74. The Morgan fingerprint density at radius 3 is 2.62 bits per heavy atom. The summed E-state index contributed by atoms with van der Waals surface area (Å²) in [7, 11) is 1.98. The summed E-state index contributed by atoms with van der Waals surface area (Å²) >= 11 is 9.95. The third-order valence-corrected chi connectivity index (χ3v) is 2.05. The first-order valence-corrected chi connectivity index (χ1v) is 3.94. The van der Waals surface area contributed by atoms with Gasteiger partial charge in [-0.05, 0) is 18.4 Å². The van der Waals surface area contributed by atoms with E-state index in [0.29, 0.717) is 13.4 Å². The van der Waals surface area contributed by atoms with Crippen molar-refractivity contribution in [2.45, 2.75) is 0 Å². The van der Waals surface area contributed by atoms with Crippen LogP contribution in [0.15, 0.2) is 12.5 Å². The molecule has 0 atom stereocenters. The molecule has 0 aromatic carbocycles. The number of ether oxygens (including phenoxy) is 1. The summed E-state index contributed by atoms with van der Waals surface area (Å²) in [6, 6.07) is 0. The second-order valence-corrected chi connectivity index (χ2v) is 2.57. The maximum atomic E-state index is 5.41. The van der Waals surface area contributed by atoms with Gasteiger partial charge in [0.25, 0.3) is 0 Å². The van der Waals surface area contributed by atoms with Crippen LogP contribution in [0.1, 0.15) is 0 Å². The fourth-order valence-corrected chi connectivity index (χ4v) is 0.636. The van der Waals surface area contributed by atoms with E-state index in [1.54, 1.807) is 0 Å². The summed E-state index contributed by atoms with van der Waals surface area (Å²) in [4.78, 5) is 0. The molecule has 8 heavy (non-hydrogen) atoms. The Balaban J connectivity index is 3.62. The lowest BCUT2D eigenvalue weighted by Crippen LogP contribution is -1.97. The smallest absolute Gasteiger partial charge is 0.205 e. The molecule has 0 bridgehead atoms. The first-order chi connectivity index (χ1) is 3.72. The minimum absolute atomic E-state index is 0.364. The van der Waals surface area contributed by atoms with Crippen LogP contribution in [0, 0.1) is 0 Å². The SMILES string of the molecule is C=C(OC)N(Cl)P=S. The van der Waals surface area contributed by atoms with Gasteiger partial charge < -0.3 is 4.74 Å². The Kier molecular flexibility index (Phi) is 4.15. The van der Waals surface area contributed by atoms with Gasteiger partial charge in [-0.2, -0.15) is 4.19 Å². The molecule has 0 N–H and O–H groups in total. The molecule has 0 aromatic heterocycles. The van der Waals surface area contributed by atoms with Crippen LogP contribution in [-0.2, 0) is 16.5 Å². The van der Waals surface area contributed by atoms with E-state index in [1.807, 2.05) is 0 Å². The van der Waals surface area contributed by atoms with Gasteiger partial charge in [0.2, 0.25) is 5.88 Å². The van der Waals surface area contributed by atoms with E-state index in [0.717, 1.165) is 0 Å². The van der Waals surface area contributed by atoms with Crippen molar-refractivity contribution in [3.8, 4) is 0 Å². The molecule has 0 fully saturated rings. The molecular formula is C3H5ClNOPS. The van der Waals surface area contributed by atoms with Gasteiger partial charge in [0.15, 0.2) is 0 Å². The molecule has 0 unspecified atom stereocenters. The molecule has 0 aliphatic heterocycles. The van der Waals surface area contributed by atoms with Crippen molar-refractivity contribution in [3.05, 3.63) is 12.5 Å². The van der Waals surface area contributed by atoms with Crippen LogP contribution >= 0.6 is 19.3 Å². The maximum absolute atomic E-state index is 5.41. The standard InChI is InChI=1S/C3H5ClNOPS/c1-3(6-2)5(4)7-8/h1H2,2H3. The topological polar surface area (TPSA) is 12.5 Å². The molecule has 0 aliphatic rings. The Morgan fingerprint density at radius 1 is 2.00 bits per heavy atom. The number of methoxy groups -OCH3 is 1. The van der Waals surface area contributed by atoms with E-state index >= 15 is 0 Å². The quantitative estimate of drug-likeness (QED) is 0.364. The largest absolute Gasteiger partial charge is 0.482 e. The summed E-state index contributed by atoms with van der Waals surface area (Å²) in [6.07, 6.45) is 0. The Morgan fingerprint density at radius 2 is 2.50 bits per heavy atom. The fraction of sp³-hybridized carbons (Fsp3) is 0.333. The Bertz CT molecular complexity index is 109. The molecule has 0 saturated carbocycles. The molecule has 46 valence electrons. The molecule has 0 saturated heterocycles. The van der Waals surface area contributed by atoms with Gasteiger partial charge >= 0.3 is 0 Å². The minimum atomic E-state index is 0.364. The van der Waals surface area contributed by atoms with Crippen molar-refractivity contribution in [3.63, 3.8) is 0 Å². The molecule has 5 heteroatoms. The molecule has 0 amide bonds. The van der Waals surface area contributed by atoms with Crippen LogP contribution in [0.4, 0.5) is 0 Å². The summed E-state index contributed by atoms with van der Waals surface area (Å²) < 4.78 is 5.82. The Hall–Kier alpha value is 0.150. The highest BCUT2D eigenvalue weighted by Gasteiger charge is 1.97. The molecular weight excluding hydrogens is 165 g/mol. The molecule has 0 heterocycles. The zero-order chi connectivity index (χ0) is 6.57. The van der Waals surface area contributed by atoms with Crippen LogP contribution in [0.25, 0.3) is 0 Å². The lowest BCUT2D eigenvalue weighted by atomic mass is 11.0. The number of halogens is 1. The van der Waals surface area contributed by atoms with Crippen molar-refractivity contribution < 1.29 is 4.74 Å². The zero-order valence-corrected chi connectivity index (χ0v) is 6.76. The molecule has 0 spiro atoms. The highest BCUT2D eigenvalue weighted by molar-refractivity contribution is 7.95. The number of hydrogen-bond donors (Lipinski definition) is 0. The highest BCUT2D eigenvalue weighted by Crippen LogP contribution is 2.15. The van der Waals surface area contributed by atoms with Crippen LogP contribution in [0.5, 0.6) is 0 Å². The second-order valence-electron chi connectivity index (χ2n) is 0.940. The van der Waals surface area contributed by atoms with E-state index in [-0.39, 0.29) is 0 Å². The van der Waals surface area contributed by atoms with E-state index in [2.05, 4.69) is 23.1 Å². The summed E-state index contributed by atoms with van der Waals surface area (Å²) in [5.74, 6) is 0.364. The van der Waals surface area contributed by atoms with Gasteiger partial charge in [-0.15, -0.1) is 0 Å². The van der Waals surface area contributed by atoms with Gasteiger partial charge in [-0.25, -0.2) is 0 Å². The first kappa shape index (κ1) is 8.15. The average Bonchev–Trinajstić information content (AvgIpc) is 1.84. The average molecular weight is 170 g/mol. The predicted molar refractivity (Wildman–Crippen MR) is 38.1 cm³/mol. The van der Waals surface area contributed by atoms with Crippen molar-refractivity contribution in [2.24, 2.45) is 0 Å². The van der Waals surface area contributed by atoms with E-state index in [1.165, 1.54) is 11.3 Å². The van der Waals surface area contributed by atoms with Gasteiger partial charge in [0.1, 0.15) is 7.51 Å². The normalized spacial score (nSPS) is 8.75. The second kappa shape index (κ2) is 4.07. The lowest BCUT2D eigenvalue weighted by Gasteiger charge is -2.07. The number of rotatable bonds is 3. The van der Waals surface area contributed by atoms with E-state index < -0.39 is 0 Å². The minimum Gasteiger partial charge on any atom is -0.482 e. The fourth-order valence-electron chi connectivity index (χ4n) is 0.121. The third kappa shape index (κ3) is 2.46. The third-order valence-electron chi connectivity index (χ3n) is 0.513. The number of hydrogen-bond acceptors (Lipinski definition) is 2. The Labute approximate surface area is 60.1 Å². The lowest BCUT2D eigenvalue weighted by molar-refractivity contribution is 0.253. The zero-order valence-electron chi connectivity index (χ0n) is 4.30. The van der Waals surface area contributed by atoms with Crippen LogP contribution in [-0.4, -0.2) is 11.3 Å². The number of nitrogens with zero attached hydrogens (tertiary/aromatic N) is 1. The van der Waals surface area contributed by atoms with Crippen molar-refractivity contribution in [1.29, 1.82) is 0 Å². The maximum Gasteiger partial charge on any atom is 0.205 e. The molecule has 0 aromatic rings. The van der Waals surface area contributed by atoms with Gasteiger partial charge in [0.05, 0.1) is 7.11 Å². The van der Waals surface area contributed by atoms with Gasteiger partial charge in [-0.1, -0.05) is 0 Å². The van der Waals surface area contributed by atoms with Crippen molar-refractivity contribution in [1.82, 2.24) is 4.19 Å². The summed E-state index contributed by atoms with van der Waals surface area (Å²) in [5.41, 5.74) is 0. The molecule has 0 radical (unpaired) electrons. The predicted octanol–water partition coefficient (Wildman–Crippen LogP) is 1.88.